The molecule has 11 heteroatoms. The van der Waals surface area contributed by atoms with Crippen molar-refractivity contribution >= 4 is 24.1 Å². The molecular formula is C32H39F3N6OS. The van der Waals surface area contributed by atoms with Gasteiger partial charge in [-0.1, -0.05) is 50.2 Å². The molecule has 2 aromatic carbocycles. The van der Waals surface area contributed by atoms with Gasteiger partial charge in [0.05, 0.1) is 22.6 Å². The van der Waals surface area contributed by atoms with E-state index in [-0.39, 0.29) is 29.0 Å². The molecule has 1 aliphatic heterocycles. The van der Waals surface area contributed by atoms with Crippen LogP contribution < -0.4 is 14.8 Å². The minimum absolute atomic E-state index is 0.0760. The lowest BCUT2D eigenvalue weighted by molar-refractivity contribution is -0.127. The molecule has 0 bridgehead atoms. The fourth-order valence-corrected chi connectivity index (χ4v) is 5.69. The highest BCUT2D eigenvalue weighted by molar-refractivity contribution is 8.05. The Hall–Kier alpha value is -3.57. The number of ether oxygens (including phenoxy) is 1. The molecule has 0 unspecified atom stereocenters. The van der Waals surface area contributed by atoms with E-state index in [2.05, 4.69) is 45.8 Å². The molecule has 0 amide bonds. The summed E-state index contributed by atoms with van der Waals surface area (Å²) >= 11 is 1.07. The maximum Gasteiger partial charge on any atom is 0.393 e. The monoisotopic (exact) mass is 612 g/mol. The number of anilines is 1. The average molecular weight is 613 g/mol. The summed E-state index contributed by atoms with van der Waals surface area (Å²) in [6, 6.07) is 15.0. The maximum atomic E-state index is 14.1. The normalized spacial score (nSPS) is 15.0. The number of aromatic nitrogens is 2. The number of allylic oxidation sites excluding steroid dienone is 1. The quantitative estimate of drug-likeness (QED) is 0.142. The zero-order valence-electron chi connectivity index (χ0n) is 25.0. The fraction of sp³-hybridized carbons (Fsp3) is 0.406. The summed E-state index contributed by atoms with van der Waals surface area (Å²) in [5, 5.41) is 10.5. The van der Waals surface area contributed by atoms with Crippen molar-refractivity contribution in [3.05, 3.63) is 76.3 Å². The van der Waals surface area contributed by atoms with Crippen LogP contribution in [0.25, 0.3) is 11.3 Å². The summed E-state index contributed by atoms with van der Waals surface area (Å²) in [5.74, 6) is 1.03. The van der Waals surface area contributed by atoms with E-state index in [1.54, 1.807) is 37.5 Å². The van der Waals surface area contributed by atoms with Gasteiger partial charge in [0.15, 0.2) is 0 Å². The first-order valence-electron chi connectivity index (χ1n) is 14.4. The molecule has 0 aliphatic carbocycles. The third kappa shape index (κ3) is 9.21. The van der Waals surface area contributed by atoms with E-state index in [1.807, 2.05) is 24.3 Å². The molecule has 3 aromatic rings. The van der Waals surface area contributed by atoms with Gasteiger partial charge in [-0.15, -0.1) is 0 Å². The molecule has 0 radical (unpaired) electrons. The number of benzene rings is 2. The predicted molar refractivity (Wildman–Crippen MR) is 169 cm³/mol. The number of alkyl halides is 3. The van der Waals surface area contributed by atoms with Gasteiger partial charge in [0, 0.05) is 25.0 Å². The van der Waals surface area contributed by atoms with Crippen LogP contribution in [0.5, 0.6) is 11.6 Å². The summed E-state index contributed by atoms with van der Waals surface area (Å²) in [6.07, 6.45) is -0.221. The molecule has 230 valence electrons. The second-order valence-corrected chi connectivity index (χ2v) is 12.0. The lowest BCUT2D eigenvalue weighted by Crippen LogP contribution is -2.29. The van der Waals surface area contributed by atoms with Gasteiger partial charge in [-0.2, -0.15) is 18.2 Å². The number of hydrogen-bond donors (Lipinski definition) is 3. The van der Waals surface area contributed by atoms with E-state index in [4.69, 9.17) is 10.1 Å². The van der Waals surface area contributed by atoms with E-state index in [0.717, 1.165) is 49.7 Å². The summed E-state index contributed by atoms with van der Waals surface area (Å²) < 4.78 is 51.3. The van der Waals surface area contributed by atoms with Crippen LogP contribution in [-0.4, -0.2) is 54.4 Å². The maximum absolute atomic E-state index is 14.1. The van der Waals surface area contributed by atoms with Crippen LogP contribution in [0.4, 0.5) is 19.1 Å². The third-order valence-corrected chi connectivity index (χ3v) is 7.98. The Morgan fingerprint density at radius 1 is 1.12 bits per heavy atom. The first-order chi connectivity index (χ1) is 20.6. The van der Waals surface area contributed by atoms with E-state index in [9.17, 15) is 13.2 Å². The summed E-state index contributed by atoms with van der Waals surface area (Å²) in [4.78, 5) is 11.9. The molecule has 3 N–H and O–H groups in total. The molecule has 1 aromatic heterocycles. The number of nitrogens with zero attached hydrogens (tertiary/aromatic N) is 3. The number of piperidine rings is 1. The smallest absolute Gasteiger partial charge is 0.393 e. The molecule has 1 fully saturated rings. The number of nitrogens with one attached hydrogen (secondary N) is 3. The largest absolute Gasteiger partial charge is 0.439 e. The van der Waals surface area contributed by atoms with Crippen LogP contribution in [0.15, 0.2) is 59.6 Å². The SMILES string of the molecule is CN/C=C(\C=N)SNc1nc(Oc2ccc(C3CCN(C)CC3)cc2)c(CC(F)(F)F)c(-c2ccccc2CC(C)C)n1. The van der Waals surface area contributed by atoms with Crippen LogP contribution in [0.3, 0.4) is 0 Å². The Labute approximate surface area is 256 Å². The average Bonchev–Trinajstić information content (AvgIpc) is 2.96. The van der Waals surface area contributed by atoms with Gasteiger partial charge in [-0.25, -0.2) is 4.98 Å². The first-order valence-corrected chi connectivity index (χ1v) is 15.2. The number of likely N-dealkylation sites (tertiary alicyclic amines) is 1. The van der Waals surface area contributed by atoms with Gasteiger partial charge in [0.25, 0.3) is 0 Å². The first kappa shape index (κ1) is 32.3. The Bertz CT molecular complexity index is 1400. The molecule has 7 nitrogen and oxygen atoms in total. The van der Waals surface area contributed by atoms with E-state index < -0.39 is 12.6 Å². The topological polar surface area (TPSA) is 86.2 Å². The van der Waals surface area contributed by atoms with E-state index in [1.165, 1.54) is 5.56 Å². The second-order valence-electron chi connectivity index (χ2n) is 11.2. The Morgan fingerprint density at radius 3 is 2.44 bits per heavy atom. The lowest BCUT2D eigenvalue weighted by atomic mass is 9.90. The van der Waals surface area contributed by atoms with E-state index >= 15 is 0 Å². The summed E-state index contributed by atoms with van der Waals surface area (Å²) in [6.45, 7) is 6.19. The molecule has 2 heterocycles. The highest BCUT2D eigenvalue weighted by Gasteiger charge is 2.33. The molecule has 1 saturated heterocycles. The van der Waals surface area contributed by atoms with Crippen molar-refractivity contribution in [1.82, 2.24) is 20.2 Å². The summed E-state index contributed by atoms with van der Waals surface area (Å²) in [5.41, 5.74) is 2.72. The third-order valence-electron chi connectivity index (χ3n) is 7.22. The van der Waals surface area contributed by atoms with Gasteiger partial charge in [0.1, 0.15) is 5.75 Å². The molecular weight excluding hydrogens is 573 g/mol. The van der Waals surface area contributed by atoms with Gasteiger partial charge >= 0.3 is 6.18 Å². The minimum Gasteiger partial charge on any atom is -0.439 e. The highest BCUT2D eigenvalue weighted by atomic mass is 32.2. The molecule has 4 rings (SSSR count). The minimum atomic E-state index is -4.52. The zero-order chi connectivity index (χ0) is 31.0. The van der Waals surface area contributed by atoms with Crippen LogP contribution in [0, 0.1) is 11.3 Å². The van der Waals surface area contributed by atoms with Crippen molar-refractivity contribution in [2.45, 2.75) is 51.6 Å². The Morgan fingerprint density at radius 2 is 1.81 bits per heavy atom. The van der Waals surface area contributed by atoms with Gasteiger partial charge in [0.2, 0.25) is 11.8 Å². The van der Waals surface area contributed by atoms with Crippen LogP contribution in [0.1, 0.15) is 49.3 Å². The van der Waals surface area contributed by atoms with Gasteiger partial charge in [-0.3, -0.25) is 4.72 Å². The Kier molecular flexibility index (Phi) is 11.1. The van der Waals surface area contributed by atoms with Crippen molar-refractivity contribution in [3.63, 3.8) is 0 Å². The van der Waals surface area contributed by atoms with Crippen molar-refractivity contribution in [2.75, 3.05) is 31.9 Å². The van der Waals surface area contributed by atoms with Gasteiger partial charge < -0.3 is 20.4 Å². The fourth-order valence-electron chi connectivity index (χ4n) is 5.15. The van der Waals surface area contributed by atoms with Crippen molar-refractivity contribution in [3.8, 4) is 22.9 Å². The zero-order valence-corrected chi connectivity index (χ0v) is 25.8. The van der Waals surface area contributed by atoms with Crippen molar-refractivity contribution < 1.29 is 17.9 Å². The molecule has 1 aliphatic rings. The standard InChI is InChI=1S/C32H39F3N6OS/c1-21(2)17-24-7-5-6-8-27(24)29-28(18-32(33,34)35)30(39-31(38-29)40-43-26(19-36)20-37-3)42-25-11-9-22(10-12-25)23-13-15-41(4)16-14-23/h5-12,19-21,23,36-37H,13-18H2,1-4H3,(H,38,39,40)/b26-20+,36-19?. The van der Waals surface area contributed by atoms with Crippen LogP contribution in [-0.2, 0) is 12.8 Å². The lowest BCUT2D eigenvalue weighted by Gasteiger charge is -2.29. The molecule has 0 spiro atoms. The number of hydrogen-bond acceptors (Lipinski definition) is 8. The second kappa shape index (κ2) is 14.7. The summed E-state index contributed by atoms with van der Waals surface area (Å²) in [7, 11) is 3.83. The number of rotatable bonds is 12. The number of halogens is 3. The van der Waals surface area contributed by atoms with Crippen molar-refractivity contribution in [2.24, 2.45) is 5.92 Å². The van der Waals surface area contributed by atoms with Gasteiger partial charge in [-0.05, 0) is 86.4 Å². The highest BCUT2D eigenvalue weighted by Crippen LogP contribution is 2.39. The molecule has 43 heavy (non-hydrogen) atoms. The molecule has 0 saturated carbocycles. The molecule has 0 atom stereocenters. The van der Waals surface area contributed by atoms with Crippen LogP contribution in [0.2, 0.25) is 0 Å². The Balaban J connectivity index is 1.78. The van der Waals surface area contributed by atoms with Crippen LogP contribution >= 0.6 is 11.9 Å². The van der Waals surface area contributed by atoms with E-state index in [0.29, 0.717) is 28.6 Å². The van der Waals surface area contributed by atoms with Crippen molar-refractivity contribution in [1.29, 1.82) is 5.41 Å². The predicted octanol–water partition coefficient (Wildman–Crippen LogP) is 7.82.